The molecule has 0 amide bonds. The third-order valence-electron chi connectivity index (χ3n) is 2.77. The molecule has 122 valence electrons. The lowest BCUT2D eigenvalue weighted by atomic mass is 10.2. The molecule has 0 atom stereocenters. The minimum Gasteiger partial charge on any atom is -0.480 e. The highest BCUT2D eigenvalue weighted by molar-refractivity contribution is 7.89. The summed E-state index contributed by atoms with van der Waals surface area (Å²) < 4.78 is 26.3. The Morgan fingerprint density at radius 1 is 1.09 bits per heavy atom. The summed E-state index contributed by atoms with van der Waals surface area (Å²) in [7, 11) is -3.70. The average Bonchev–Trinajstić information content (AvgIpc) is 2.37. The first-order valence-electron chi connectivity index (χ1n) is 6.43. The van der Waals surface area contributed by atoms with Crippen LogP contribution in [0.5, 0.6) is 0 Å². The van der Waals surface area contributed by atoms with Crippen molar-refractivity contribution in [3.8, 4) is 0 Å². The van der Waals surface area contributed by atoms with Crippen molar-refractivity contribution in [2.24, 2.45) is 0 Å². The lowest BCUT2D eigenvalue weighted by Gasteiger charge is -2.18. The Hall–Kier alpha value is -1.97. The van der Waals surface area contributed by atoms with Gasteiger partial charge in [0.2, 0.25) is 10.0 Å². The van der Waals surface area contributed by atoms with Crippen LogP contribution >= 0.6 is 0 Å². The highest BCUT2D eigenvalue weighted by atomic mass is 32.2. The quantitative estimate of drug-likeness (QED) is 0.570. The van der Waals surface area contributed by atoms with E-state index in [1.54, 1.807) is 12.1 Å². The van der Waals surface area contributed by atoms with Crippen LogP contribution in [0.25, 0.3) is 0 Å². The van der Waals surface area contributed by atoms with Crippen molar-refractivity contribution in [2.75, 3.05) is 26.2 Å². The second kappa shape index (κ2) is 7.87. The van der Waals surface area contributed by atoms with Crippen LogP contribution in [-0.4, -0.2) is 61.6 Å². The summed E-state index contributed by atoms with van der Waals surface area (Å²) in [6.07, 6.45) is 0. The lowest BCUT2D eigenvalue weighted by molar-refractivity contribution is -0.141. The van der Waals surface area contributed by atoms with E-state index in [1.165, 1.54) is 12.1 Å². The van der Waals surface area contributed by atoms with Crippen LogP contribution < -0.4 is 4.72 Å². The van der Waals surface area contributed by atoms with E-state index < -0.39 is 35.1 Å². The van der Waals surface area contributed by atoms with Gasteiger partial charge in [-0.3, -0.25) is 14.5 Å². The van der Waals surface area contributed by atoms with Crippen molar-refractivity contribution in [3.63, 3.8) is 0 Å². The predicted molar refractivity (Wildman–Crippen MR) is 78.1 cm³/mol. The van der Waals surface area contributed by atoms with E-state index in [1.807, 2.05) is 6.92 Å². The molecule has 0 radical (unpaired) electrons. The molecule has 3 N–H and O–H groups in total. The van der Waals surface area contributed by atoms with E-state index in [4.69, 9.17) is 10.2 Å². The van der Waals surface area contributed by atoms with Gasteiger partial charge in [-0.15, -0.1) is 0 Å². The standard InChI is InChI=1S/C13H18N2O6S/c1-10-2-4-11(5-3-10)22(20,21)14-6-7-15(8-12(16)17)9-13(18)19/h2-5,14H,6-9H2,1H3,(H,16,17)(H,18,19). The Kier molecular flexibility index (Phi) is 6.47. The van der Waals surface area contributed by atoms with Crippen LogP contribution in [-0.2, 0) is 19.6 Å². The molecule has 22 heavy (non-hydrogen) atoms. The zero-order valence-corrected chi connectivity index (χ0v) is 12.8. The Labute approximate surface area is 128 Å². The summed E-state index contributed by atoms with van der Waals surface area (Å²) in [5, 5.41) is 17.4. The molecule has 0 saturated carbocycles. The SMILES string of the molecule is Cc1ccc(S(=O)(=O)NCCN(CC(=O)O)CC(=O)O)cc1. The molecule has 9 heteroatoms. The average molecular weight is 330 g/mol. The Balaban J connectivity index is 2.61. The third kappa shape index (κ3) is 6.20. The number of hydrogen-bond acceptors (Lipinski definition) is 5. The minimum absolute atomic E-state index is 0.0241. The molecule has 0 aliphatic carbocycles. The van der Waals surface area contributed by atoms with Gasteiger partial charge in [-0.05, 0) is 19.1 Å². The first-order valence-corrected chi connectivity index (χ1v) is 7.91. The second-order valence-corrected chi connectivity index (χ2v) is 6.48. The van der Waals surface area contributed by atoms with E-state index in [-0.39, 0.29) is 18.0 Å². The van der Waals surface area contributed by atoms with Gasteiger partial charge >= 0.3 is 11.9 Å². The summed E-state index contributed by atoms with van der Waals surface area (Å²) in [4.78, 5) is 22.5. The molecule has 1 aromatic carbocycles. The van der Waals surface area contributed by atoms with Crippen molar-refractivity contribution in [1.29, 1.82) is 0 Å². The van der Waals surface area contributed by atoms with E-state index in [9.17, 15) is 18.0 Å². The minimum atomic E-state index is -3.70. The molecule has 1 aromatic rings. The molecule has 0 saturated heterocycles. The van der Waals surface area contributed by atoms with E-state index in [0.29, 0.717) is 0 Å². The number of carboxylic acid groups (broad SMARTS) is 2. The Bertz CT molecular complexity index is 610. The van der Waals surface area contributed by atoms with Gasteiger partial charge in [0.25, 0.3) is 0 Å². The van der Waals surface area contributed by atoms with Gasteiger partial charge in [0.15, 0.2) is 0 Å². The predicted octanol–water partition coefficient (Wildman–Crippen LogP) is -0.255. The van der Waals surface area contributed by atoms with Crippen molar-refractivity contribution in [3.05, 3.63) is 29.8 Å². The molecule has 8 nitrogen and oxygen atoms in total. The molecule has 0 spiro atoms. The fourth-order valence-electron chi connectivity index (χ4n) is 1.74. The van der Waals surface area contributed by atoms with Crippen LogP contribution in [0, 0.1) is 6.92 Å². The molecule has 1 rings (SSSR count). The monoisotopic (exact) mass is 330 g/mol. The molecular formula is C13H18N2O6S. The number of nitrogens with zero attached hydrogens (tertiary/aromatic N) is 1. The van der Waals surface area contributed by atoms with Crippen molar-refractivity contribution in [2.45, 2.75) is 11.8 Å². The number of hydrogen-bond donors (Lipinski definition) is 3. The maximum atomic E-state index is 12.0. The summed E-state index contributed by atoms with van der Waals surface area (Å²) >= 11 is 0. The summed E-state index contributed by atoms with van der Waals surface area (Å²) in [5.41, 5.74) is 0.924. The maximum Gasteiger partial charge on any atom is 0.317 e. The molecule has 0 aromatic heterocycles. The van der Waals surface area contributed by atoms with E-state index >= 15 is 0 Å². The number of carbonyl (C=O) groups is 2. The Morgan fingerprint density at radius 2 is 1.59 bits per heavy atom. The molecule has 0 aliphatic rings. The van der Waals surface area contributed by atoms with Crippen molar-refractivity contribution in [1.82, 2.24) is 9.62 Å². The van der Waals surface area contributed by atoms with Gasteiger partial charge in [-0.1, -0.05) is 17.7 Å². The molecule has 0 aliphatic heterocycles. The zero-order chi connectivity index (χ0) is 16.8. The normalized spacial score (nSPS) is 11.5. The van der Waals surface area contributed by atoms with E-state index in [2.05, 4.69) is 4.72 Å². The number of benzene rings is 1. The molecule has 0 unspecified atom stereocenters. The third-order valence-corrected chi connectivity index (χ3v) is 4.25. The zero-order valence-electron chi connectivity index (χ0n) is 12.0. The Morgan fingerprint density at radius 3 is 2.05 bits per heavy atom. The number of aryl methyl sites for hydroxylation is 1. The number of carboxylic acids is 2. The summed E-state index contributed by atoms with van der Waals surface area (Å²) in [5.74, 6) is -2.36. The molecular weight excluding hydrogens is 312 g/mol. The number of sulfonamides is 1. The van der Waals surface area contributed by atoms with Gasteiger partial charge in [-0.2, -0.15) is 0 Å². The first-order chi connectivity index (χ1) is 10.2. The second-order valence-electron chi connectivity index (χ2n) is 4.71. The lowest BCUT2D eigenvalue weighted by Crippen LogP contribution is -2.40. The summed E-state index contributed by atoms with van der Waals surface area (Å²) in [6.45, 7) is 0.775. The van der Waals surface area contributed by atoms with Gasteiger partial charge < -0.3 is 10.2 Å². The van der Waals surface area contributed by atoms with Gasteiger partial charge in [0, 0.05) is 13.1 Å². The van der Waals surface area contributed by atoms with Crippen molar-refractivity contribution < 1.29 is 28.2 Å². The van der Waals surface area contributed by atoms with Gasteiger partial charge in [0.05, 0.1) is 18.0 Å². The summed E-state index contributed by atoms with van der Waals surface area (Å²) in [6, 6.07) is 6.25. The molecule has 0 heterocycles. The highest BCUT2D eigenvalue weighted by Crippen LogP contribution is 2.09. The van der Waals surface area contributed by atoms with Crippen LogP contribution in [0.4, 0.5) is 0 Å². The topological polar surface area (TPSA) is 124 Å². The van der Waals surface area contributed by atoms with E-state index in [0.717, 1.165) is 10.5 Å². The molecule has 0 bridgehead atoms. The van der Waals surface area contributed by atoms with Crippen LogP contribution in [0.2, 0.25) is 0 Å². The van der Waals surface area contributed by atoms with Crippen LogP contribution in [0.1, 0.15) is 5.56 Å². The smallest absolute Gasteiger partial charge is 0.317 e. The number of aliphatic carboxylic acids is 2. The largest absolute Gasteiger partial charge is 0.480 e. The van der Waals surface area contributed by atoms with Crippen LogP contribution in [0.15, 0.2) is 29.2 Å². The fourth-order valence-corrected chi connectivity index (χ4v) is 2.76. The van der Waals surface area contributed by atoms with Gasteiger partial charge in [0.1, 0.15) is 0 Å². The fraction of sp³-hybridized carbons (Fsp3) is 0.385. The molecule has 0 fully saturated rings. The number of nitrogens with one attached hydrogen (secondary N) is 1. The maximum absolute atomic E-state index is 12.0. The first kappa shape index (κ1) is 18.1. The van der Waals surface area contributed by atoms with Crippen molar-refractivity contribution >= 4 is 22.0 Å². The van der Waals surface area contributed by atoms with Crippen LogP contribution in [0.3, 0.4) is 0 Å². The van der Waals surface area contributed by atoms with Gasteiger partial charge in [-0.25, -0.2) is 13.1 Å². The highest BCUT2D eigenvalue weighted by Gasteiger charge is 2.16. The number of rotatable bonds is 9.